The number of alkyl halides is 3. The number of halogens is 3. The molecule has 34 heavy (non-hydrogen) atoms. The summed E-state index contributed by atoms with van der Waals surface area (Å²) in [4.78, 5) is 11.2. The fourth-order valence-electron chi connectivity index (χ4n) is 2.81. The molecule has 0 atom stereocenters. The normalized spacial score (nSPS) is 12.9. The van der Waals surface area contributed by atoms with Gasteiger partial charge in [0.15, 0.2) is 0 Å². The number of hydrogen-bond donors (Lipinski definition) is 2. The van der Waals surface area contributed by atoms with Crippen molar-refractivity contribution >= 4 is 25.9 Å². The lowest BCUT2D eigenvalue weighted by Gasteiger charge is -2.25. The number of amides is 2. The van der Waals surface area contributed by atoms with Crippen LogP contribution in [0.25, 0.3) is 0 Å². The zero-order valence-electron chi connectivity index (χ0n) is 19.0. The van der Waals surface area contributed by atoms with Crippen LogP contribution in [0.4, 0.5) is 18.0 Å². The summed E-state index contributed by atoms with van der Waals surface area (Å²) in [5.41, 5.74) is -2.05. The third-order valence-corrected chi connectivity index (χ3v) is 7.75. The highest BCUT2D eigenvalue weighted by molar-refractivity contribution is 7.91. The van der Waals surface area contributed by atoms with Gasteiger partial charge in [-0.1, -0.05) is 18.2 Å². The quantitative estimate of drug-likeness (QED) is 0.581. The maximum absolute atomic E-state index is 13.5. The molecule has 0 unspecified atom stereocenters. The van der Waals surface area contributed by atoms with Gasteiger partial charge in [0.05, 0.1) is 20.2 Å². The van der Waals surface area contributed by atoms with Gasteiger partial charge in [-0.25, -0.2) is 26.4 Å². The molecule has 0 heterocycles. The maximum Gasteiger partial charge on any atom is 0.417 e. The van der Waals surface area contributed by atoms with E-state index < -0.39 is 59.5 Å². The summed E-state index contributed by atoms with van der Waals surface area (Å²) in [6, 6.07) is 8.05. The first-order valence-corrected chi connectivity index (χ1v) is 13.0. The average Bonchev–Trinajstić information content (AvgIpc) is 2.72. The second kappa shape index (κ2) is 9.92. The first kappa shape index (κ1) is 27.6. The highest BCUT2D eigenvalue weighted by Crippen LogP contribution is 2.36. The second-order valence-electron chi connectivity index (χ2n) is 8.47. The van der Waals surface area contributed by atoms with E-state index in [9.17, 15) is 34.8 Å². The molecule has 2 N–H and O–H groups in total. The Morgan fingerprint density at radius 3 is 2.06 bits per heavy atom. The van der Waals surface area contributed by atoms with Crippen LogP contribution in [-0.2, 0) is 26.0 Å². The molecule has 0 spiro atoms. The van der Waals surface area contributed by atoms with Gasteiger partial charge in [0.1, 0.15) is 0 Å². The first-order chi connectivity index (χ1) is 15.4. The molecule has 0 saturated carbocycles. The van der Waals surface area contributed by atoms with Gasteiger partial charge < -0.3 is 10.2 Å². The van der Waals surface area contributed by atoms with Crippen LogP contribution >= 0.6 is 0 Å². The highest BCUT2D eigenvalue weighted by Gasteiger charge is 2.38. The standard InChI is InChI=1S/C21H26F3N3O5S2/c1-20(2,3)26-19(28)27(4)13-12-25-34(31,32)18-14-16(10-11-17(18)21(22,23)24)33(29,30)15-8-6-5-7-9-15/h5-11,14,25H,12-13H2,1-4H3,(H,26,28). The Hall–Kier alpha value is -2.64. The van der Waals surface area contributed by atoms with Gasteiger partial charge in [0, 0.05) is 25.7 Å². The smallest absolute Gasteiger partial charge is 0.333 e. The van der Waals surface area contributed by atoms with Crippen molar-refractivity contribution in [1.29, 1.82) is 0 Å². The molecule has 0 radical (unpaired) electrons. The third-order valence-electron chi connectivity index (χ3n) is 4.48. The Kier molecular flexibility index (Phi) is 8.05. The van der Waals surface area contributed by atoms with Crippen molar-refractivity contribution < 1.29 is 34.8 Å². The van der Waals surface area contributed by atoms with Gasteiger partial charge in [-0.3, -0.25) is 0 Å². The second-order valence-corrected chi connectivity index (χ2v) is 12.2. The minimum absolute atomic E-state index is 0.148. The van der Waals surface area contributed by atoms with Crippen molar-refractivity contribution in [2.75, 3.05) is 20.1 Å². The summed E-state index contributed by atoms with van der Waals surface area (Å²) < 4.78 is 93.8. The first-order valence-electron chi connectivity index (χ1n) is 9.99. The molecule has 2 aromatic rings. The van der Waals surface area contributed by atoms with Crippen LogP contribution in [0.2, 0.25) is 0 Å². The fraction of sp³-hybridized carbons (Fsp3) is 0.381. The summed E-state index contributed by atoms with van der Waals surface area (Å²) >= 11 is 0. The SMILES string of the molecule is CN(CCNS(=O)(=O)c1cc(S(=O)(=O)c2ccccc2)ccc1C(F)(F)F)C(=O)NC(C)(C)C. The lowest BCUT2D eigenvalue weighted by atomic mass is 10.1. The predicted octanol–water partition coefficient (Wildman–Crippen LogP) is 3.26. The van der Waals surface area contributed by atoms with E-state index in [1.54, 1.807) is 26.8 Å². The maximum atomic E-state index is 13.5. The van der Waals surface area contributed by atoms with Crippen LogP contribution in [0.5, 0.6) is 0 Å². The molecule has 188 valence electrons. The monoisotopic (exact) mass is 521 g/mol. The van der Waals surface area contributed by atoms with Gasteiger partial charge >= 0.3 is 12.2 Å². The highest BCUT2D eigenvalue weighted by atomic mass is 32.2. The van der Waals surface area contributed by atoms with Crippen LogP contribution < -0.4 is 10.0 Å². The lowest BCUT2D eigenvalue weighted by molar-refractivity contribution is -0.139. The molecule has 0 aromatic heterocycles. The molecule has 0 aliphatic rings. The molecule has 8 nitrogen and oxygen atoms in total. The number of nitrogens with one attached hydrogen (secondary N) is 2. The Balaban J connectivity index is 2.36. The number of nitrogens with zero attached hydrogens (tertiary/aromatic N) is 1. The van der Waals surface area contributed by atoms with E-state index in [2.05, 4.69) is 5.32 Å². The average molecular weight is 522 g/mol. The summed E-state index contributed by atoms with van der Waals surface area (Å²) in [6.45, 7) is 4.69. The van der Waals surface area contributed by atoms with Crippen molar-refractivity contribution in [3.8, 4) is 0 Å². The largest absolute Gasteiger partial charge is 0.417 e. The van der Waals surface area contributed by atoms with Crippen LogP contribution in [-0.4, -0.2) is 53.4 Å². The van der Waals surface area contributed by atoms with E-state index in [0.29, 0.717) is 12.1 Å². The molecule has 0 saturated heterocycles. The Morgan fingerprint density at radius 2 is 1.53 bits per heavy atom. The zero-order valence-corrected chi connectivity index (χ0v) is 20.6. The summed E-state index contributed by atoms with van der Waals surface area (Å²) in [5.74, 6) is 0. The van der Waals surface area contributed by atoms with Gasteiger partial charge in [-0.2, -0.15) is 13.2 Å². The zero-order chi connectivity index (χ0) is 25.9. The van der Waals surface area contributed by atoms with E-state index in [-0.39, 0.29) is 11.4 Å². The number of carbonyl (C=O) groups excluding carboxylic acids is 1. The molecular weight excluding hydrogens is 495 g/mol. The molecule has 13 heteroatoms. The van der Waals surface area contributed by atoms with Crippen molar-refractivity contribution in [1.82, 2.24) is 14.9 Å². The van der Waals surface area contributed by atoms with Crippen molar-refractivity contribution in [3.63, 3.8) is 0 Å². The topological polar surface area (TPSA) is 113 Å². The van der Waals surface area contributed by atoms with E-state index in [0.717, 1.165) is 11.0 Å². The number of benzene rings is 2. The lowest BCUT2D eigenvalue weighted by Crippen LogP contribution is -2.48. The molecule has 2 rings (SSSR count). The molecule has 0 aliphatic heterocycles. The molecular formula is C21H26F3N3O5S2. The van der Waals surface area contributed by atoms with Gasteiger partial charge in [0.2, 0.25) is 19.9 Å². The van der Waals surface area contributed by atoms with Crippen molar-refractivity contribution in [2.45, 2.75) is 47.2 Å². The molecule has 0 fully saturated rings. The summed E-state index contributed by atoms with van der Waals surface area (Å²) in [7, 11) is -7.66. The molecule has 2 amide bonds. The van der Waals surface area contributed by atoms with Gasteiger partial charge in [-0.15, -0.1) is 0 Å². The van der Waals surface area contributed by atoms with Gasteiger partial charge in [-0.05, 0) is 51.1 Å². The number of sulfonamides is 1. The van der Waals surface area contributed by atoms with Crippen LogP contribution in [0.1, 0.15) is 26.3 Å². The number of hydrogen-bond acceptors (Lipinski definition) is 5. The minimum atomic E-state index is -5.05. The van der Waals surface area contributed by atoms with Crippen LogP contribution in [0.3, 0.4) is 0 Å². The van der Waals surface area contributed by atoms with Crippen molar-refractivity contribution in [2.24, 2.45) is 0 Å². The number of likely N-dealkylation sites (N-methyl/N-ethyl adjacent to an activating group) is 1. The number of urea groups is 1. The summed E-state index contributed by atoms with van der Waals surface area (Å²) in [6.07, 6.45) is -5.05. The Bertz CT molecular complexity index is 1240. The Morgan fingerprint density at radius 1 is 0.941 bits per heavy atom. The number of rotatable bonds is 7. The molecule has 0 aliphatic carbocycles. The Labute approximate surface area is 197 Å². The third kappa shape index (κ3) is 6.93. The van der Waals surface area contributed by atoms with Crippen LogP contribution in [0.15, 0.2) is 63.2 Å². The summed E-state index contributed by atoms with van der Waals surface area (Å²) in [5, 5.41) is 2.66. The molecule has 2 aromatic carbocycles. The van der Waals surface area contributed by atoms with Crippen LogP contribution in [0, 0.1) is 0 Å². The van der Waals surface area contributed by atoms with E-state index >= 15 is 0 Å². The number of carbonyl (C=O) groups is 1. The fourth-order valence-corrected chi connectivity index (χ4v) is 5.46. The van der Waals surface area contributed by atoms with E-state index in [1.807, 2.05) is 4.72 Å². The number of sulfone groups is 1. The van der Waals surface area contributed by atoms with Crippen molar-refractivity contribution in [3.05, 3.63) is 54.1 Å². The van der Waals surface area contributed by atoms with Gasteiger partial charge in [0.25, 0.3) is 0 Å². The van der Waals surface area contributed by atoms with E-state index in [4.69, 9.17) is 0 Å². The molecule has 0 bridgehead atoms. The predicted molar refractivity (Wildman–Crippen MR) is 119 cm³/mol. The minimum Gasteiger partial charge on any atom is -0.333 e. The van der Waals surface area contributed by atoms with E-state index in [1.165, 1.54) is 31.3 Å².